The Morgan fingerprint density at radius 3 is 2.83 bits per heavy atom. The SMILES string of the molecule is COP(=O)(OC)[C@H]1C[C@H](n2cnc3c(N)ncnc32)O[C@@H]1CO. The quantitative estimate of drug-likeness (QED) is 0.746. The lowest BCUT2D eigenvalue weighted by Gasteiger charge is -2.22. The van der Waals surface area contributed by atoms with Gasteiger partial charge in [0.15, 0.2) is 11.5 Å². The standard InChI is InChI=1S/C12H18N5O5P/c1-20-23(19,21-2)8-3-9(22-7(8)4-18)17-6-16-10-11(13)14-5-15-12(10)17/h5-9,18H,3-4H2,1-2H3,(H2,13,14,15)/t7-,8+,9-/m1/s1. The molecule has 1 fully saturated rings. The van der Waals surface area contributed by atoms with Crippen LogP contribution in [0.3, 0.4) is 0 Å². The topological polar surface area (TPSA) is 135 Å². The minimum atomic E-state index is -3.39. The van der Waals surface area contributed by atoms with E-state index in [1.807, 2.05) is 0 Å². The molecule has 1 aliphatic heterocycles. The molecule has 0 radical (unpaired) electrons. The van der Waals surface area contributed by atoms with E-state index in [2.05, 4.69) is 15.0 Å². The van der Waals surface area contributed by atoms with Crippen molar-refractivity contribution in [3.63, 3.8) is 0 Å². The van der Waals surface area contributed by atoms with E-state index < -0.39 is 25.6 Å². The van der Waals surface area contributed by atoms with Gasteiger partial charge < -0.3 is 24.6 Å². The van der Waals surface area contributed by atoms with E-state index in [4.69, 9.17) is 19.5 Å². The molecule has 0 unspecified atom stereocenters. The molecule has 3 atom stereocenters. The highest BCUT2D eigenvalue weighted by atomic mass is 31.2. The van der Waals surface area contributed by atoms with Crippen molar-refractivity contribution in [1.29, 1.82) is 0 Å². The first kappa shape index (κ1) is 16.3. The molecule has 2 aromatic rings. The molecule has 0 bridgehead atoms. The van der Waals surface area contributed by atoms with Crippen LogP contribution in [0.2, 0.25) is 0 Å². The van der Waals surface area contributed by atoms with Crippen molar-refractivity contribution in [2.75, 3.05) is 26.6 Å². The first-order chi connectivity index (χ1) is 11.0. The van der Waals surface area contributed by atoms with Gasteiger partial charge in [-0.2, -0.15) is 0 Å². The Labute approximate surface area is 132 Å². The second-order valence-electron chi connectivity index (χ2n) is 5.10. The minimum Gasteiger partial charge on any atom is -0.394 e. The number of aliphatic hydroxyl groups is 1. The molecule has 0 saturated carbocycles. The van der Waals surface area contributed by atoms with Gasteiger partial charge in [-0.25, -0.2) is 15.0 Å². The van der Waals surface area contributed by atoms with Gasteiger partial charge in [0.2, 0.25) is 0 Å². The summed E-state index contributed by atoms with van der Waals surface area (Å²) in [6, 6.07) is 0. The number of rotatable bonds is 5. The Kier molecular flexibility index (Phi) is 4.35. The van der Waals surface area contributed by atoms with Crippen LogP contribution in [0.5, 0.6) is 0 Å². The highest BCUT2D eigenvalue weighted by molar-refractivity contribution is 7.54. The molecule has 23 heavy (non-hydrogen) atoms. The number of fused-ring (bicyclic) bond motifs is 1. The Hall–Kier alpha value is -1.58. The fourth-order valence-corrected chi connectivity index (χ4v) is 4.51. The summed E-state index contributed by atoms with van der Waals surface area (Å²) >= 11 is 0. The molecule has 0 spiro atoms. The first-order valence-corrected chi connectivity index (χ1v) is 8.55. The fraction of sp³-hybridized carbons (Fsp3) is 0.583. The predicted octanol–water partition coefficient (Wildman–Crippen LogP) is 0.543. The van der Waals surface area contributed by atoms with Crippen LogP contribution in [-0.4, -0.2) is 57.2 Å². The summed E-state index contributed by atoms with van der Waals surface area (Å²) in [5.74, 6) is 0.265. The van der Waals surface area contributed by atoms with Crippen molar-refractivity contribution in [2.45, 2.75) is 24.4 Å². The number of nitrogens with two attached hydrogens (primary N) is 1. The van der Waals surface area contributed by atoms with Crippen molar-refractivity contribution < 1.29 is 23.5 Å². The highest BCUT2D eigenvalue weighted by Crippen LogP contribution is 2.58. The summed E-state index contributed by atoms with van der Waals surface area (Å²) in [6.07, 6.45) is 1.99. The summed E-state index contributed by atoms with van der Waals surface area (Å²) in [4.78, 5) is 12.2. The molecule has 0 aromatic carbocycles. The molecule has 1 saturated heterocycles. The number of nitrogens with zero attached hydrogens (tertiary/aromatic N) is 4. The summed E-state index contributed by atoms with van der Waals surface area (Å²) in [7, 11) is -0.763. The van der Waals surface area contributed by atoms with E-state index in [1.54, 1.807) is 4.57 Å². The Morgan fingerprint density at radius 2 is 2.17 bits per heavy atom. The number of hydrogen-bond donors (Lipinski definition) is 2. The van der Waals surface area contributed by atoms with Crippen LogP contribution in [0.15, 0.2) is 12.7 Å². The predicted molar refractivity (Wildman–Crippen MR) is 80.8 cm³/mol. The number of imidazole rings is 1. The third kappa shape index (κ3) is 2.62. The van der Waals surface area contributed by atoms with Gasteiger partial charge in [0.05, 0.1) is 24.7 Å². The maximum atomic E-state index is 12.6. The summed E-state index contributed by atoms with van der Waals surface area (Å²) < 4.78 is 30.2. The van der Waals surface area contributed by atoms with Gasteiger partial charge >= 0.3 is 7.60 Å². The number of nitrogen functional groups attached to an aromatic ring is 1. The molecular weight excluding hydrogens is 325 g/mol. The molecular formula is C12H18N5O5P. The number of aliphatic hydroxyl groups excluding tert-OH is 1. The van der Waals surface area contributed by atoms with Crippen LogP contribution < -0.4 is 5.73 Å². The summed E-state index contributed by atoms with van der Waals surface area (Å²) in [5.41, 5.74) is 6.14. The van der Waals surface area contributed by atoms with Crippen molar-refractivity contribution in [3.8, 4) is 0 Å². The Bertz CT molecular complexity index is 745. The van der Waals surface area contributed by atoms with E-state index in [0.717, 1.165) is 0 Å². The Balaban J connectivity index is 1.96. The molecule has 3 N–H and O–H groups in total. The molecule has 0 amide bonds. The molecule has 3 heterocycles. The van der Waals surface area contributed by atoms with Crippen molar-refractivity contribution in [2.24, 2.45) is 0 Å². The fourth-order valence-electron chi connectivity index (χ4n) is 2.81. The van der Waals surface area contributed by atoms with Gasteiger partial charge in [-0.15, -0.1) is 0 Å². The maximum Gasteiger partial charge on any atom is 0.336 e. The van der Waals surface area contributed by atoms with Crippen molar-refractivity contribution >= 4 is 24.6 Å². The van der Waals surface area contributed by atoms with Gasteiger partial charge in [0.1, 0.15) is 18.1 Å². The summed E-state index contributed by atoms with van der Waals surface area (Å²) in [5, 5.41) is 9.54. The average Bonchev–Trinajstić information content (AvgIpc) is 3.18. The van der Waals surface area contributed by atoms with Gasteiger partial charge in [-0.1, -0.05) is 0 Å². The maximum absolute atomic E-state index is 12.6. The molecule has 3 rings (SSSR count). The van der Waals surface area contributed by atoms with Crippen molar-refractivity contribution in [1.82, 2.24) is 19.5 Å². The van der Waals surface area contributed by atoms with Crippen LogP contribution >= 0.6 is 7.60 Å². The first-order valence-electron chi connectivity index (χ1n) is 6.94. The average molecular weight is 343 g/mol. The third-order valence-corrected chi connectivity index (χ3v) is 6.37. The van der Waals surface area contributed by atoms with Crippen molar-refractivity contribution in [3.05, 3.63) is 12.7 Å². The molecule has 1 aliphatic rings. The van der Waals surface area contributed by atoms with Crippen LogP contribution in [0.25, 0.3) is 11.2 Å². The lowest BCUT2D eigenvalue weighted by Crippen LogP contribution is -2.26. The molecule has 11 heteroatoms. The third-order valence-electron chi connectivity index (χ3n) is 4.00. The van der Waals surface area contributed by atoms with Gasteiger partial charge in [0, 0.05) is 20.6 Å². The second-order valence-corrected chi connectivity index (χ2v) is 7.58. The normalized spacial score (nSPS) is 25.3. The minimum absolute atomic E-state index is 0.265. The number of anilines is 1. The van der Waals surface area contributed by atoms with Crippen LogP contribution in [0.1, 0.15) is 12.6 Å². The van der Waals surface area contributed by atoms with Crippen LogP contribution in [0.4, 0.5) is 5.82 Å². The highest BCUT2D eigenvalue weighted by Gasteiger charge is 2.48. The van der Waals surface area contributed by atoms with Gasteiger partial charge in [-0.3, -0.25) is 9.13 Å². The van der Waals surface area contributed by atoms with E-state index in [-0.39, 0.29) is 12.4 Å². The zero-order valence-electron chi connectivity index (χ0n) is 12.7. The zero-order chi connectivity index (χ0) is 16.6. The molecule has 126 valence electrons. The van der Waals surface area contributed by atoms with E-state index in [9.17, 15) is 9.67 Å². The lowest BCUT2D eigenvalue weighted by molar-refractivity contribution is -0.0212. The Morgan fingerprint density at radius 1 is 1.43 bits per heavy atom. The summed E-state index contributed by atoms with van der Waals surface area (Å²) in [6.45, 7) is -0.304. The van der Waals surface area contributed by atoms with E-state index >= 15 is 0 Å². The van der Waals surface area contributed by atoms with E-state index in [0.29, 0.717) is 17.6 Å². The number of ether oxygens (including phenoxy) is 1. The zero-order valence-corrected chi connectivity index (χ0v) is 13.6. The van der Waals surface area contributed by atoms with E-state index in [1.165, 1.54) is 26.9 Å². The lowest BCUT2D eigenvalue weighted by atomic mass is 10.2. The van der Waals surface area contributed by atoms with Gasteiger partial charge in [0.25, 0.3) is 0 Å². The van der Waals surface area contributed by atoms with Crippen LogP contribution in [-0.2, 0) is 18.3 Å². The second kappa shape index (κ2) is 6.14. The largest absolute Gasteiger partial charge is 0.394 e. The smallest absolute Gasteiger partial charge is 0.336 e. The van der Waals surface area contributed by atoms with Crippen LogP contribution in [0, 0.1) is 0 Å². The van der Waals surface area contributed by atoms with Gasteiger partial charge in [-0.05, 0) is 0 Å². The number of hydrogen-bond acceptors (Lipinski definition) is 9. The molecule has 2 aromatic heterocycles. The monoisotopic (exact) mass is 343 g/mol. The molecule has 0 aliphatic carbocycles. The molecule has 10 nitrogen and oxygen atoms in total. The number of aromatic nitrogens is 4.